The lowest BCUT2D eigenvalue weighted by molar-refractivity contribution is -0.121. The molecule has 1 aliphatic rings. The summed E-state index contributed by atoms with van der Waals surface area (Å²) in [5.41, 5.74) is 8.46. The third-order valence-electron chi connectivity index (χ3n) is 5.50. The van der Waals surface area contributed by atoms with Gasteiger partial charge in [-0.05, 0) is 49.4 Å². The number of aryl methyl sites for hydroxylation is 1. The molecule has 1 heterocycles. The number of hydrogen-bond acceptors (Lipinski definition) is 4. The molecule has 174 valence electrons. The third-order valence-corrected chi connectivity index (χ3v) is 5.50. The van der Waals surface area contributed by atoms with E-state index in [0.29, 0.717) is 18.5 Å². The number of nitrogens with zero attached hydrogens (tertiary/aromatic N) is 1. The van der Waals surface area contributed by atoms with Gasteiger partial charge in [0.2, 0.25) is 5.91 Å². The summed E-state index contributed by atoms with van der Waals surface area (Å²) in [7, 11) is 1.57. The number of nitrogens with one attached hydrogen (secondary N) is 1. The summed E-state index contributed by atoms with van der Waals surface area (Å²) in [4.78, 5) is 37.5. The van der Waals surface area contributed by atoms with Crippen LogP contribution in [0, 0.1) is 0 Å². The fourth-order valence-electron chi connectivity index (χ4n) is 3.79. The number of amides is 2. The van der Waals surface area contributed by atoms with Crippen LogP contribution < -0.4 is 11.1 Å². The maximum Gasteiger partial charge on any atom is 0.255 e. The van der Waals surface area contributed by atoms with Crippen LogP contribution in [0.4, 0.5) is 0 Å². The Morgan fingerprint density at radius 1 is 1.16 bits per heavy atom. The second kappa shape index (κ2) is 15.6. The summed E-state index contributed by atoms with van der Waals surface area (Å²) in [6, 6.07) is 5.30. The monoisotopic (exact) mass is 431 g/mol. The topological polar surface area (TPSA) is 92.5 Å². The zero-order valence-electron chi connectivity index (χ0n) is 19.6. The molecule has 0 aliphatic carbocycles. The van der Waals surface area contributed by atoms with E-state index in [0.717, 1.165) is 37.7 Å². The van der Waals surface area contributed by atoms with Gasteiger partial charge >= 0.3 is 0 Å². The molecule has 1 aromatic rings. The van der Waals surface area contributed by atoms with Crippen LogP contribution in [0.15, 0.2) is 18.2 Å². The fourth-order valence-corrected chi connectivity index (χ4v) is 3.79. The van der Waals surface area contributed by atoms with Crippen molar-refractivity contribution in [1.29, 1.82) is 0 Å². The van der Waals surface area contributed by atoms with Crippen molar-refractivity contribution in [3.63, 3.8) is 0 Å². The quantitative estimate of drug-likeness (QED) is 0.365. The highest BCUT2D eigenvalue weighted by molar-refractivity contribution is 6.00. The van der Waals surface area contributed by atoms with Gasteiger partial charge in [-0.25, -0.2) is 0 Å². The lowest BCUT2D eigenvalue weighted by atomic mass is 9.98. The van der Waals surface area contributed by atoms with Gasteiger partial charge in [0.15, 0.2) is 0 Å². The molecule has 31 heavy (non-hydrogen) atoms. The first kappa shape index (κ1) is 26.8. The zero-order chi connectivity index (χ0) is 23.1. The Balaban J connectivity index is 0.00000151. The van der Waals surface area contributed by atoms with Crippen molar-refractivity contribution < 1.29 is 14.4 Å². The summed E-state index contributed by atoms with van der Waals surface area (Å²) in [6.07, 6.45) is 10.6. The first-order chi connectivity index (χ1) is 15.0. The third kappa shape index (κ3) is 8.82. The first-order valence-corrected chi connectivity index (χ1v) is 11.8. The average Bonchev–Trinajstić information content (AvgIpc) is 3.11. The molecule has 0 bridgehead atoms. The van der Waals surface area contributed by atoms with Crippen LogP contribution in [-0.2, 0) is 22.6 Å². The van der Waals surface area contributed by atoms with Crippen LogP contribution >= 0.6 is 0 Å². The number of unbranched alkanes of at least 4 members (excludes halogenated alkanes) is 5. The fraction of sp³-hybridized carbons (Fsp3) is 0.640. The van der Waals surface area contributed by atoms with E-state index < -0.39 is 6.04 Å². The van der Waals surface area contributed by atoms with Crippen LogP contribution in [0.1, 0.15) is 93.1 Å². The molecule has 1 aromatic carbocycles. The number of benzene rings is 1. The largest absolute Gasteiger partial charge is 0.359 e. The van der Waals surface area contributed by atoms with Crippen LogP contribution in [0.5, 0.6) is 0 Å². The van der Waals surface area contributed by atoms with E-state index in [1.54, 1.807) is 11.9 Å². The second-order valence-corrected chi connectivity index (χ2v) is 8.16. The molecule has 0 aromatic heterocycles. The Kier molecular flexibility index (Phi) is 13.5. The van der Waals surface area contributed by atoms with Gasteiger partial charge in [-0.1, -0.05) is 58.1 Å². The SMILES string of the molecule is CCC.CNC(=O)CCC(C=O)N1Cc2c(CCCCCCCCN)cccc2C1=O. The zero-order valence-corrected chi connectivity index (χ0v) is 19.6. The van der Waals surface area contributed by atoms with Crippen molar-refractivity contribution in [3.8, 4) is 0 Å². The molecule has 1 aliphatic heterocycles. The van der Waals surface area contributed by atoms with Gasteiger partial charge in [0.25, 0.3) is 5.91 Å². The minimum absolute atomic E-state index is 0.104. The van der Waals surface area contributed by atoms with E-state index >= 15 is 0 Å². The molecule has 0 saturated carbocycles. The number of rotatable bonds is 13. The van der Waals surface area contributed by atoms with E-state index in [9.17, 15) is 14.4 Å². The van der Waals surface area contributed by atoms with Gasteiger partial charge in [0, 0.05) is 25.6 Å². The summed E-state index contributed by atoms with van der Waals surface area (Å²) < 4.78 is 0. The summed E-state index contributed by atoms with van der Waals surface area (Å²) in [5.74, 6) is -0.226. The van der Waals surface area contributed by atoms with E-state index in [2.05, 4.69) is 25.2 Å². The van der Waals surface area contributed by atoms with Crippen molar-refractivity contribution >= 4 is 18.1 Å². The van der Waals surface area contributed by atoms with Gasteiger partial charge in [-0.2, -0.15) is 0 Å². The molecular weight excluding hydrogens is 390 g/mol. The average molecular weight is 432 g/mol. The highest BCUT2D eigenvalue weighted by Crippen LogP contribution is 2.29. The Bertz CT molecular complexity index is 691. The van der Waals surface area contributed by atoms with E-state index in [1.807, 2.05) is 12.1 Å². The normalized spacial score (nSPS) is 13.3. The van der Waals surface area contributed by atoms with Crippen LogP contribution in [0.3, 0.4) is 0 Å². The minimum atomic E-state index is -0.562. The Hall–Kier alpha value is -2.21. The van der Waals surface area contributed by atoms with Crippen LogP contribution in [0.25, 0.3) is 0 Å². The number of aldehydes is 1. The summed E-state index contributed by atoms with van der Waals surface area (Å²) in [5, 5.41) is 2.55. The van der Waals surface area contributed by atoms with Crippen molar-refractivity contribution in [1.82, 2.24) is 10.2 Å². The van der Waals surface area contributed by atoms with Crippen molar-refractivity contribution in [2.45, 2.75) is 90.6 Å². The minimum Gasteiger partial charge on any atom is -0.359 e. The summed E-state index contributed by atoms with van der Waals surface area (Å²) in [6.45, 7) is 5.48. The molecule has 0 spiro atoms. The summed E-state index contributed by atoms with van der Waals surface area (Å²) >= 11 is 0. The van der Waals surface area contributed by atoms with Crippen molar-refractivity contribution in [3.05, 3.63) is 34.9 Å². The highest BCUT2D eigenvalue weighted by atomic mass is 16.2. The number of hydrogen-bond donors (Lipinski definition) is 2. The molecule has 0 saturated heterocycles. The maximum atomic E-state index is 12.8. The molecule has 3 N–H and O–H groups in total. The van der Waals surface area contributed by atoms with Gasteiger partial charge in [-0.15, -0.1) is 0 Å². The Morgan fingerprint density at radius 2 is 1.81 bits per heavy atom. The number of fused-ring (bicyclic) bond motifs is 1. The van der Waals surface area contributed by atoms with Gasteiger partial charge in [0.05, 0.1) is 6.04 Å². The van der Waals surface area contributed by atoms with Gasteiger partial charge < -0.3 is 20.7 Å². The lowest BCUT2D eigenvalue weighted by Gasteiger charge is -2.22. The molecule has 6 nitrogen and oxygen atoms in total. The van der Waals surface area contributed by atoms with Crippen molar-refractivity contribution in [2.24, 2.45) is 5.73 Å². The van der Waals surface area contributed by atoms with Gasteiger partial charge in [0.1, 0.15) is 6.29 Å². The highest BCUT2D eigenvalue weighted by Gasteiger charge is 2.33. The predicted octanol–water partition coefficient (Wildman–Crippen LogP) is 3.99. The van der Waals surface area contributed by atoms with Crippen LogP contribution in [0.2, 0.25) is 0 Å². The van der Waals surface area contributed by atoms with Crippen LogP contribution in [-0.4, -0.2) is 42.6 Å². The Labute approximate surface area is 187 Å². The Morgan fingerprint density at radius 3 is 2.42 bits per heavy atom. The number of nitrogens with two attached hydrogens (primary N) is 1. The molecule has 2 rings (SSSR count). The van der Waals surface area contributed by atoms with Crippen molar-refractivity contribution in [2.75, 3.05) is 13.6 Å². The molecule has 6 heteroatoms. The number of carbonyl (C=O) groups excluding carboxylic acids is 3. The van der Waals surface area contributed by atoms with E-state index in [-0.39, 0.29) is 18.2 Å². The maximum absolute atomic E-state index is 12.8. The molecule has 2 amide bonds. The van der Waals surface area contributed by atoms with E-state index in [4.69, 9.17) is 5.73 Å². The smallest absolute Gasteiger partial charge is 0.255 e. The van der Waals surface area contributed by atoms with Gasteiger partial charge in [-0.3, -0.25) is 9.59 Å². The molecular formula is C25H41N3O3. The second-order valence-electron chi connectivity index (χ2n) is 8.16. The molecule has 1 atom stereocenters. The van der Waals surface area contributed by atoms with E-state index in [1.165, 1.54) is 37.7 Å². The lowest BCUT2D eigenvalue weighted by Crippen LogP contribution is -2.37. The number of carbonyl (C=O) groups is 3. The molecule has 1 unspecified atom stereocenters. The standard InChI is InChI=1S/C22H33N3O3.C3H8/c1-24-21(27)13-12-18(16-26)25-15-20-17(10-8-11-19(20)22(25)28)9-6-4-2-3-5-7-14-23;1-3-2/h8,10-11,16,18H,2-7,9,12-15,23H2,1H3,(H,24,27);3H2,1-2H3. The molecule has 0 fully saturated rings. The predicted molar refractivity (Wildman–Crippen MR) is 126 cm³/mol. The first-order valence-electron chi connectivity index (χ1n) is 11.8. The molecule has 0 radical (unpaired) electrons.